The Morgan fingerprint density at radius 2 is 2.05 bits per heavy atom. The van der Waals surface area contributed by atoms with Gasteiger partial charge in [0.1, 0.15) is 5.75 Å². The summed E-state index contributed by atoms with van der Waals surface area (Å²) in [4.78, 5) is 24.7. The molecule has 0 fully saturated rings. The van der Waals surface area contributed by atoms with Crippen molar-refractivity contribution in [3.05, 3.63) is 57.5 Å². The first kappa shape index (κ1) is 14.1. The average Bonchev–Trinajstić information content (AvgIpc) is 2.86. The maximum atomic E-state index is 12.6. The van der Waals surface area contributed by atoms with Gasteiger partial charge in [0.05, 0.1) is 12.8 Å². The summed E-state index contributed by atoms with van der Waals surface area (Å²) in [7, 11) is 1.57. The number of fused-ring (bicyclic) bond motifs is 1. The van der Waals surface area contributed by atoms with Gasteiger partial charge in [-0.25, -0.2) is 13.9 Å². The fourth-order valence-corrected chi connectivity index (χ4v) is 2.33. The molecule has 3 aromatic rings. The lowest BCUT2D eigenvalue weighted by molar-refractivity contribution is 0.414. The number of methoxy groups -OCH3 is 1. The molecule has 0 bridgehead atoms. The van der Waals surface area contributed by atoms with Gasteiger partial charge >= 0.3 is 11.2 Å². The topological polar surface area (TPSA) is 70.5 Å². The quantitative estimate of drug-likeness (QED) is 0.722. The zero-order chi connectivity index (χ0) is 15.7. The van der Waals surface area contributed by atoms with Crippen molar-refractivity contribution in [2.45, 2.75) is 19.9 Å². The number of aromatic nitrogens is 4. The van der Waals surface area contributed by atoms with E-state index < -0.39 is 0 Å². The van der Waals surface area contributed by atoms with E-state index in [1.54, 1.807) is 43.8 Å². The van der Waals surface area contributed by atoms with E-state index in [9.17, 15) is 9.59 Å². The highest BCUT2D eigenvalue weighted by atomic mass is 16.5. The normalized spacial score (nSPS) is 11.0. The summed E-state index contributed by atoms with van der Waals surface area (Å²) in [6.45, 7) is 2.43. The lowest BCUT2D eigenvalue weighted by atomic mass is 10.3. The van der Waals surface area contributed by atoms with E-state index in [1.807, 2.05) is 6.92 Å². The average molecular weight is 300 g/mol. The Labute approximate surface area is 126 Å². The zero-order valence-corrected chi connectivity index (χ0v) is 12.4. The van der Waals surface area contributed by atoms with Crippen LogP contribution >= 0.6 is 0 Å². The van der Waals surface area contributed by atoms with Crippen molar-refractivity contribution in [2.75, 3.05) is 7.11 Å². The summed E-state index contributed by atoms with van der Waals surface area (Å²) in [5.74, 6) is 0.651. The Morgan fingerprint density at radius 3 is 2.77 bits per heavy atom. The Hall–Kier alpha value is -2.83. The van der Waals surface area contributed by atoms with Gasteiger partial charge in [-0.1, -0.05) is 13.0 Å². The zero-order valence-electron chi connectivity index (χ0n) is 12.4. The van der Waals surface area contributed by atoms with Gasteiger partial charge in [-0.3, -0.25) is 9.36 Å². The molecular formula is C15H16N4O3. The van der Waals surface area contributed by atoms with E-state index in [-0.39, 0.29) is 16.9 Å². The molecule has 2 aromatic heterocycles. The summed E-state index contributed by atoms with van der Waals surface area (Å²) in [5, 5.41) is 4.13. The molecule has 1 aromatic carbocycles. The number of benzene rings is 1. The smallest absolute Gasteiger partial charge is 0.350 e. The molecule has 7 nitrogen and oxygen atoms in total. The molecule has 0 saturated heterocycles. The van der Waals surface area contributed by atoms with E-state index in [4.69, 9.17) is 4.74 Å². The van der Waals surface area contributed by atoms with Gasteiger partial charge in [0.15, 0.2) is 0 Å². The van der Waals surface area contributed by atoms with Gasteiger partial charge in [0, 0.05) is 25.0 Å². The van der Waals surface area contributed by atoms with Crippen LogP contribution in [0.4, 0.5) is 0 Å². The van der Waals surface area contributed by atoms with E-state index in [0.717, 1.165) is 6.42 Å². The Bertz CT molecular complexity index is 936. The van der Waals surface area contributed by atoms with Crippen LogP contribution in [0.1, 0.15) is 13.3 Å². The molecule has 114 valence electrons. The number of hydrogen-bond acceptors (Lipinski definition) is 4. The first-order valence-corrected chi connectivity index (χ1v) is 7.01. The number of nitrogens with zero attached hydrogens (tertiary/aromatic N) is 4. The minimum Gasteiger partial charge on any atom is -0.497 e. The highest BCUT2D eigenvalue weighted by Crippen LogP contribution is 2.14. The molecule has 0 aliphatic carbocycles. The molecule has 22 heavy (non-hydrogen) atoms. The van der Waals surface area contributed by atoms with E-state index in [1.165, 1.54) is 13.6 Å². The van der Waals surface area contributed by atoms with E-state index >= 15 is 0 Å². The predicted octanol–water partition coefficient (Wildman–Crippen LogP) is 1.07. The first-order valence-electron chi connectivity index (χ1n) is 7.01. The molecule has 0 atom stereocenters. The second kappa shape index (κ2) is 5.51. The number of ether oxygens (including phenoxy) is 1. The summed E-state index contributed by atoms with van der Waals surface area (Å²) in [6, 6.07) is 7.14. The Kier molecular flexibility index (Phi) is 3.54. The molecule has 0 aliphatic heterocycles. The molecule has 2 heterocycles. The van der Waals surface area contributed by atoms with Crippen LogP contribution in [0.2, 0.25) is 0 Å². The van der Waals surface area contributed by atoms with Crippen LogP contribution < -0.4 is 16.0 Å². The second-order valence-electron chi connectivity index (χ2n) is 4.87. The molecule has 7 heteroatoms. The minimum absolute atomic E-state index is 0.115. The fourth-order valence-electron chi connectivity index (χ4n) is 2.33. The van der Waals surface area contributed by atoms with Crippen molar-refractivity contribution in [1.82, 2.24) is 18.7 Å². The largest absolute Gasteiger partial charge is 0.497 e. The molecule has 0 amide bonds. The van der Waals surface area contributed by atoms with Crippen molar-refractivity contribution in [2.24, 2.45) is 0 Å². The third-order valence-corrected chi connectivity index (χ3v) is 3.41. The lowest BCUT2D eigenvalue weighted by Crippen LogP contribution is -2.24. The molecule has 0 unspecified atom stereocenters. The summed E-state index contributed by atoms with van der Waals surface area (Å²) < 4.78 is 9.20. The van der Waals surface area contributed by atoms with Crippen LogP contribution in [0.5, 0.6) is 5.75 Å². The summed E-state index contributed by atoms with van der Waals surface area (Å²) in [5.41, 5.74) is 0.127. The SMILES string of the molecule is CCCn1nc2c(=O)n(-c3cccc(OC)c3)ccn2c1=O. The van der Waals surface area contributed by atoms with Crippen LogP contribution in [-0.2, 0) is 6.54 Å². The van der Waals surface area contributed by atoms with Gasteiger partial charge in [-0.15, -0.1) is 5.10 Å². The third-order valence-electron chi connectivity index (χ3n) is 3.41. The molecule has 0 radical (unpaired) electrons. The standard InChI is InChI=1S/C15H16N4O3/c1-3-7-19-15(21)18-9-8-17(14(20)13(18)16-19)11-5-4-6-12(10-11)22-2/h4-6,8-10H,3,7H2,1-2H3. The minimum atomic E-state index is -0.345. The Balaban J connectivity index is 2.22. The molecule has 3 rings (SSSR count). The maximum absolute atomic E-state index is 12.6. The van der Waals surface area contributed by atoms with Gasteiger partial charge in [-0.05, 0) is 18.6 Å². The van der Waals surface area contributed by atoms with Crippen molar-refractivity contribution in [3.8, 4) is 11.4 Å². The van der Waals surface area contributed by atoms with Gasteiger partial charge in [0.2, 0.25) is 5.65 Å². The first-order chi connectivity index (χ1) is 10.7. The molecule has 0 saturated carbocycles. The lowest BCUT2D eigenvalue weighted by Gasteiger charge is -2.07. The fraction of sp³-hybridized carbons (Fsp3) is 0.267. The van der Waals surface area contributed by atoms with Gasteiger partial charge in [-0.2, -0.15) is 0 Å². The van der Waals surface area contributed by atoms with Crippen LogP contribution in [0.15, 0.2) is 46.2 Å². The number of aryl methyl sites for hydroxylation is 1. The highest BCUT2D eigenvalue weighted by molar-refractivity contribution is 5.43. The molecule has 0 spiro atoms. The molecular weight excluding hydrogens is 284 g/mol. The summed E-state index contributed by atoms with van der Waals surface area (Å²) >= 11 is 0. The maximum Gasteiger partial charge on any atom is 0.350 e. The monoisotopic (exact) mass is 300 g/mol. The van der Waals surface area contributed by atoms with Crippen molar-refractivity contribution >= 4 is 5.65 Å². The van der Waals surface area contributed by atoms with Crippen molar-refractivity contribution in [3.63, 3.8) is 0 Å². The Morgan fingerprint density at radius 1 is 1.23 bits per heavy atom. The van der Waals surface area contributed by atoms with Crippen LogP contribution in [-0.4, -0.2) is 25.9 Å². The van der Waals surface area contributed by atoms with E-state index in [0.29, 0.717) is 18.0 Å². The number of hydrogen-bond donors (Lipinski definition) is 0. The van der Waals surface area contributed by atoms with Crippen LogP contribution in [0, 0.1) is 0 Å². The third kappa shape index (κ3) is 2.20. The second-order valence-corrected chi connectivity index (χ2v) is 4.87. The highest BCUT2D eigenvalue weighted by Gasteiger charge is 2.12. The predicted molar refractivity (Wildman–Crippen MR) is 81.9 cm³/mol. The van der Waals surface area contributed by atoms with Gasteiger partial charge in [0.25, 0.3) is 0 Å². The van der Waals surface area contributed by atoms with E-state index in [2.05, 4.69) is 5.10 Å². The van der Waals surface area contributed by atoms with Crippen molar-refractivity contribution in [1.29, 1.82) is 0 Å². The van der Waals surface area contributed by atoms with Crippen molar-refractivity contribution < 1.29 is 4.74 Å². The van der Waals surface area contributed by atoms with Crippen LogP contribution in [0.25, 0.3) is 11.3 Å². The summed E-state index contributed by atoms with van der Waals surface area (Å²) in [6.07, 6.45) is 3.88. The number of rotatable bonds is 4. The molecule has 0 aliphatic rings. The van der Waals surface area contributed by atoms with Gasteiger partial charge < -0.3 is 4.74 Å². The molecule has 0 N–H and O–H groups in total. The van der Waals surface area contributed by atoms with Crippen LogP contribution in [0.3, 0.4) is 0 Å².